The van der Waals surface area contributed by atoms with Crippen molar-refractivity contribution in [3.8, 4) is 23.3 Å². The van der Waals surface area contributed by atoms with Crippen LogP contribution in [0.1, 0.15) is 11.1 Å². The van der Waals surface area contributed by atoms with E-state index in [1.54, 1.807) is 24.3 Å². The van der Waals surface area contributed by atoms with E-state index in [0.29, 0.717) is 16.5 Å². The number of fused-ring (bicyclic) bond motifs is 1. The Balaban J connectivity index is 1.57. The molecule has 2 aromatic heterocycles. The molecule has 4 aromatic rings. The van der Waals surface area contributed by atoms with Crippen LogP contribution in [-0.4, -0.2) is 36.7 Å². The average molecular weight is 549 g/mol. The Labute approximate surface area is 216 Å². The number of pyridine rings is 1. The van der Waals surface area contributed by atoms with Crippen LogP contribution in [0.5, 0.6) is 11.5 Å². The van der Waals surface area contributed by atoms with Crippen molar-refractivity contribution in [2.24, 2.45) is 0 Å². The summed E-state index contributed by atoms with van der Waals surface area (Å²) in [5.74, 6) is -0.162. The van der Waals surface area contributed by atoms with Crippen LogP contribution in [0.4, 0.5) is 10.2 Å². The molecule has 0 saturated carbocycles. The highest BCUT2D eigenvalue weighted by molar-refractivity contribution is 7.92. The topological polar surface area (TPSA) is 106 Å². The Morgan fingerprint density at radius 2 is 2.00 bits per heavy atom. The standard InChI is InChI=1S/C24H19Cl2FN4O4S/c1-36(32,33)30-24-22(27)16(4-7-29-24)14-35-19-2-3-21-15(11-19)5-8-31(21)18-10-17(13-28)23(20(26)12-18)34-9-6-25/h2-5,7-8,10-12H,6,9,14H2,1H3,(H,29,30). The first-order valence-electron chi connectivity index (χ1n) is 10.5. The molecule has 0 aliphatic rings. The molecule has 0 radical (unpaired) electrons. The molecule has 0 bridgehead atoms. The van der Waals surface area contributed by atoms with E-state index in [4.69, 9.17) is 32.7 Å². The number of benzene rings is 2. The Kier molecular flexibility index (Phi) is 7.54. The van der Waals surface area contributed by atoms with Crippen molar-refractivity contribution in [3.63, 3.8) is 0 Å². The molecular weight excluding hydrogens is 530 g/mol. The van der Waals surface area contributed by atoms with Crippen molar-refractivity contribution in [3.05, 3.63) is 76.8 Å². The van der Waals surface area contributed by atoms with E-state index in [9.17, 15) is 18.1 Å². The number of nitriles is 1. The third-order valence-electron chi connectivity index (χ3n) is 5.06. The van der Waals surface area contributed by atoms with Crippen LogP contribution in [0.15, 0.2) is 54.9 Å². The number of hydrogen-bond acceptors (Lipinski definition) is 6. The van der Waals surface area contributed by atoms with Gasteiger partial charge >= 0.3 is 0 Å². The fraction of sp³-hybridized carbons (Fsp3) is 0.167. The molecule has 12 heteroatoms. The van der Waals surface area contributed by atoms with Crippen LogP contribution in [0.25, 0.3) is 16.6 Å². The number of nitrogens with zero attached hydrogens (tertiary/aromatic N) is 3. The predicted octanol–water partition coefficient (Wildman–Crippen LogP) is 5.26. The fourth-order valence-electron chi connectivity index (χ4n) is 3.53. The van der Waals surface area contributed by atoms with E-state index in [1.807, 2.05) is 27.6 Å². The summed E-state index contributed by atoms with van der Waals surface area (Å²) in [6, 6.07) is 14.1. The van der Waals surface area contributed by atoms with E-state index >= 15 is 0 Å². The van der Waals surface area contributed by atoms with Crippen LogP contribution >= 0.6 is 23.2 Å². The number of nitrogens with one attached hydrogen (secondary N) is 1. The Hall–Kier alpha value is -3.52. The van der Waals surface area contributed by atoms with Crippen molar-refractivity contribution >= 4 is 49.9 Å². The van der Waals surface area contributed by atoms with Gasteiger partial charge in [-0.25, -0.2) is 17.8 Å². The van der Waals surface area contributed by atoms with Gasteiger partial charge in [-0.05, 0) is 42.5 Å². The first-order chi connectivity index (χ1) is 17.2. The van der Waals surface area contributed by atoms with E-state index in [2.05, 4.69) is 11.1 Å². The van der Waals surface area contributed by atoms with E-state index in [-0.39, 0.29) is 41.8 Å². The van der Waals surface area contributed by atoms with Gasteiger partial charge in [0.05, 0.1) is 28.2 Å². The largest absolute Gasteiger partial charge is 0.489 e. The average Bonchev–Trinajstić information content (AvgIpc) is 3.26. The van der Waals surface area contributed by atoms with Gasteiger partial charge in [0.2, 0.25) is 10.0 Å². The highest BCUT2D eigenvalue weighted by Gasteiger charge is 2.15. The smallest absolute Gasteiger partial charge is 0.231 e. The first kappa shape index (κ1) is 25.6. The molecule has 2 heterocycles. The summed E-state index contributed by atoms with van der Waals surface area (Å²) >= 11 is 12.0. The van der Waals surface area contributed by atoms with Crippen LogP contribution in [-0.2, 0) is 16.6 Å². The minimum atomic E-state index is -3.68. The molecule has 8 nitrogen and oxygen atoms in total. The van der Waals surface area contributed by atoms with Gasteiger partial charge in [-0.3, -0.25) is 4.72 Å². The molecule has 0 amide bonds. The van der Waals surface area contributed by atoms with Gasteiger partial charge in [-0.15, -0.1) is 11.6 Å². The quantitative estimate of drug-likeness (QED) is 0.286. The predicted molar refractivity (Wildman–Crippen MR) is 136 cm³/mol. The molecule has 4 rings (SSSR count). The molecule has 0 fully saturated rings. The lowest BCUT2D eigenvalue weighted by Crippen LogP contribution is -2.13. The van der Waals surface area contributed by atoms with Gasteiger partial charge in [-0.1, -0.05) is 11.6 Å². The summed E-state index contributed by atoms with van der Waals surface area (Å²) in [6.45, 7) is 0.0906. The third kappa shape index (κ3) is 5.65. The van der Waals surface area contributed by atoms with Crippen molar-refractivity contribution in [2.45, 2.75) is 6.61 Å². The molecular formula is C24H19Cl2FN4O4S. The van der Waals surface area contributed by atoms with Crippen molar-refractivity contribution in [1.82, 2.24) is 9.55 Å². The fourth-order valence-corrected chi connectivity index (χ4v) is 4.37. The minimum absolute atomic E-state index is 0.135. The highest BCUT2D eigenvalue weighted by atomic mass is 35.5. The second-order valence-corrected chi connectivity index (χ2v) is 10.2. The zero-order valence-corrected chi connectivity index (χ0v) is 21.2. The molecule has 186 valence electrons. The van der Waals surface area contributed by atoms with Crippen LogP contribution in [0.3, 0.4) is 0 Å². The van der Waals surface area contributed by atoms with Crippen molar-refractivity contribution in [2.75, 3.05) is 23.5 Å². The zero-order valence-electron chi connectivity index (χ0n) is 18.8. The van der Waals surface area contributed by atoms with Crippen LogP contribution in [0.2, 0.25) is 5.02 Å². The lowest BCUT2D eigenvalue weighted by Gasteiger charge is -2.13. The number of anilines is 1. The van der Waals surface area contributed by atoms with Gasteiger partial charge in [0.15, 0.2) is 17.4 Å². The van der Waals surface area contributed by atoms with E-state index < -0.39 is 15.8 Å². The highest BCUT2D eigenvalue weighted by Crippen LogP contribution is 2.33. The summed E-state index contributed by atoms with van der Waals surface area (Å²) in [7, 11) is -3.68. The second kappa shape index (κ2) is 10.6. The second-order valence-electron chi connectivity index (χ2n) is 7.66. The SMILES string of the molecule is CS(=O)(=O)Nc1nccc(COc2ccc3c(ccn3-c3cc(Cl)c(OCCCl)c(C#N)c3)c2)c1F. The Morgan fingerprint density at radius 3 is 2.72 bits per heavy atom. The summed E-state index contributed by atoms with van der Waals surface area (Å²) in [6.07, 6.45) is 4.04. The minimum Gasteiger partial charge on any atom is -0.489 e. The number of sulfonamides is 1. The Bertz CT molecular complexity index is 1590. The van der Waals surface area contributed by atoms with Gasteiger partial charge < -0.3 is 14.0 Å². The summed E-state index contributed by atoms with van der Waals surface area (Å²) in [5.41, 5.74) is 1.92. The molecule has 0 aliphatic carbocycles. The molecule has 0 spiro atoms. The number of hydrogen-bond donors (Lipinski definition) is 1. The molecule has 0 aliphatic heterocycles. The third-order valence-corrected chi connectivity index (χ3v) is 6.06. The number of halogens is 3. The van der Waals surface area contributed by atoms with E-state index in [0.717, 1.165) is 17.2 Å². The molecule has 0 atom stereocenters. The molecule has 0 saturated heterocycles. The first-order valence-corrected chi connectivity index (χ1v) is 13.3. The number of alkyl halides is 1. The van der Waals surface area contributed by atoms with Crippen molar-refractivity contribution in [1.29, 1.82) is 5.26 Å². The van der Waals surface area contributed by atoms with Crippen LogP contribution < -0.4 is 14.2 Å². The maximum Gasteiger partial charge on any atom is 0.231 e. The molecule has 0 unspecified atom stereocenters. The van der Waals surface area contributed by atoms with Crippen molar-refractivity contribution < 1.29 is 22.3 Å². The summed E-state index contributed by atoms with van der Waals surface area (Å²) in [4.78, 5) is 3.72. The van der Waals surface area contributed by atoms with Crippen LogP contribution in [0, 0.1) is 17.1 Å². The maximum atomic E-state index is 14.6. The number of rotatable bonds is 9. The summed E-state index contributed by atoms with van der Waals surface area (Å²) < 4.78 is 52.6. The Morgan fingerprint density at radius 1 is 1.19 bits per heavy atom. The number of aromatic nitrogens is 2. The lowest BCUT2D eigenvalue weighted by molar-refractivity contribution is 0.300. The molecule has 2 aromatic carbocycles. The molecule has 36 heavy (non-hydrogen) atoms. The normalized spacial score (nSPS) is 11.3. The van der Waals surface area contributed by atoms with Gasteiger partial charge in [0, 0.05) is 29.0 Å². The summed E-state index contributed by atoms with van der Waals surface area (Å²) in [5, 5.41) is 10.7. The molecule has 1 N–H and O–H groups in total. The van der Waals surface area contributed by atoms with Gasteiger partial charge in [0.1, 0.15) is 25.0 Å². The lowest BCUT2D eigenvalue weighted by atomic mass is 10.2. The van der Waals surface area contributed by atoms with Gasteiger partial charge in [0.25, 0.3) is 0 Å². The maximum absolute atomic E-state index is 14.6. The van der Waals surface area contributed by atoms with E-state index in [1.165, 1.54) is 12.3 Å². The zero-order chi connectivity index (χ0) is 25.9. The number of ether oxygens (including phenoxy) is 2. The monoisotopic (exact) mass is 548 g/mol. The van der Waals surface area contributed by atoms with Gasteiger partial charge in [-0.2, -0.15) is 5.26 Å².